The Morgan fingerprint density at radius 2 is 1.21 bits per heavy atom. The normalized spacial score (nSPS) is 13.6. The predicted molar refractivity (Wildman–Crippen MR) is 157 cm³/mol. The standard InChI is InChI=1S/C32H26N4O6/c1-18-17-24-25(31(39)35(18)20-9-13-22(41-2)14-10-20)26(27-29(37)33-32(40)34-30(27)38)28(19-7-5-4-6-8-19)36(24)21-11-15-23(42-3)16-12-21/h4-17,27H,1-3H3,(H2,33,34,37,38,40). The molecule has 1 saturated heterocycles. The molecule has 2 aromatic heterocycles. The van der Waals surface area contributed by atoms with Gasteiger partial charge in [0.05, 0.1) is 30.8 Å². The van der Waals surface area contributed by atoms with Gasteiger partial charge in [-0.2, -0.15) is 0 Å². The maximum absolute atomic E-state index is 14.5. The van der Waals surface area contributed by atoms with E-state index in [1.54, 1.807) is 50.6 Å². The van der Waals surface area contributed by atoms with Crippen molar-refractivity contribution in [3.63, 3.8) is 0 Å². The number of ether oxygens (including phenoxy) is 2. The lowest BCUT2D eigenvalue weighted by Crippen LogP contribution is -2.54. The molecule has 3 heterocycles. The molecule has 0 unspecified atom stereocenters. The molecule has 0 bridgehead atoms. The molecule has 1 aliphatic rings. The summed E-state index contributed by atoms with van der Waals surface area (Å²) >= 11 is 0. The Hall–Kier alpha value is -5.64. The molecule has 1 aliphatic heterocycles. The van der Waals surface area contributed by atoms with Gasteiger partial charge in [0.15, 0.2) is 0 Å². The van der Waals surface area contributed by atoms with Crippen LogP contribution in [0, 0.1) is 6.92 Å². The quantitative estimate of drug-likeness (QED) is 0.299. The fourth-order valence-corrected chi connectivity index (χ4v) is 5.50. The second kappa shape index (κ2) is 10.4. The summed E-state index contributed by atoms with van der Waals surface area (Å²) in [6.45, 7) is 1.82. The number of aromatic nitrogens is 2. The first-order valence-corrected chi connectivity index (χ1v) is 13.1. The van der Waals surface area contributed by atoms with Gasteiger partial charge in [-0.1, -0.05) is 30.3 Å². The van der Waals surface area contributed by atoms with E-state index >= 15 is 0 Å². The topological polar surface area (TPSA) is 121 Å². The van der Waals surface area contributed by atoms with Crippen LogP contribution in [0.25, 0.3) is 33.5 Å². The van der Waals surface area contributed by atoms with Gasteiger partial charge < -0.3 is 14.0 Å². The number of benzene rings is 3. The molecule has 6 rings (SSSR count). The third-order valence-corrected chi connectivity index (χ3v) is 7.36. The summed E-state index contributed by atoms with van der Waals surface area (Å²) in [5.74, 6) is -1.83. The van der Waals surface area contributed by atoms with Gasteiger partial charge in [-0.05, 0) is 67.1 Å². The summed E-state index contributed by atoms with van der Waals surface area (Å²) in [5, 5.41) is 4.57. The highest BCUT2D eigenvalue weighted by Crippen LogP contribution is 2.41. The van der Waals surface area contributed by atoms with E-state index in [0.717, 1.165) is 0 Å². The smallest absolute Gasteiger partial charge is 0.328 e. The van der Waals surface area contributed by atoms with Crippen LogP contribution in [0.15, 0.2) is 89.7 Å². The summed E-state index contributed by atoms with van der Waals surface area (Å²) in [5.41, 5.74) is 3.31. The van der Waals surface area contributed by atoms with Gasteiger partial charge in [-0.3, -0.25) is 29.6 Å². The van der Waals surface area contributed by atoms with Crippen LogP contribution in [0.5, 0.6) is 11.5 Å². The van der Waals surface area contributed by atoms with E-state index in [-0.39, 0.29) is 10.9 Å². The zero-order valence-electron chi connectivity index (χ0n) is 23.0. The first-order chi connectivity index (χ1) is 20.3. The lowest BCUT2D eigenvalue weighted by Gasteiger charge is -2.22. The number of imide groups is 2. The molecular weight excluding hydrogens is 536 g/mol. The number of methoxy groups -OCH3 is 2. The number of aryl methyl sites for hydroxylation is 1. The van der Waals surface area contributed by atoms with Crippen LogP contribution in [0.2, 0.25) is 0 Å². The zero-order valence-corrected chi connectivity index (χ0v) is 23.0. The lowest BCUT2D eigenvalue weighted by atomic mass is 9.91. The SMILES string of the molecule is COc1ccc(-n2c(C)cc3c(c(C4C(=O)NC(=O)NC4=O)c(-c4ccccc4)n3-c3ccc(OC)cc3)c2=O)cc1. The molecule has 1 fully saturated rings. The number of amides is 4. The lowest BCUT2D eigenvalue weighted by molar-refractivity contribution is -0.132. The second-order valence-corrected chi connectivity index (χ2v) is 9.79. The van der Waals surface area contributed by atoms with Crippen molar-refractivity contribution in [3.05, 3.63) is 107 Å². The van der Waals surface area contributed by atoms with Crippen molar-refractivity contribution in [2.75, 3.05) is 14.2 Å². The number of carbonyl (C=O) groups excluding carboxylic acids is 3. The van der Waals surface area contributed by atoms with Crippen LogP contribution in [0.4, 0.5) is 4.79 Å². The molecule has 5 aromatic rings. The number of nitrogens with zero attached hydrogens (tertiary/aromatic N) is 2. The molecule has 42 heavy (non-hydrogen) atoms. The minimum absolute atomic E-state index is 0.177. The molecule has 0 radical (unpaired) electrons. The van der Waals surface area contributed by atoms with Crippen molar-refractivity contribution in [1.29, 1.82) is 0 Å². The largest absolute Gasteiger partial charge is 0.497 e. The summed E-state index contributed by atoms with van der Waals surface area (Å²) in [4.78, 5) is 53.2. The fraction of sp³-hybridized carbons (Fsp3) is 0.125. The fourth-order valence-electron chi connectivity index (χ4n) is 5.50. The molecule has 0 spiro atoms. The van der Waals surface area contributed by atoms with Gasteiger partial charge >= 0.3 is 6.03 Å². The van der Waals surface area contributed by atoms with E-state index in [9.17, 15) is 19.2 Å². The van der Waals surface area contributed by atoms with E-state index in [2.05, 4.69) is 10.6 Å². The van der Waals surface area contributed by atoms with Crippen LogP contribution >= 0.6 is 0 Å². The predicted octanol–water partition coefficient (Wildman–Crippen LogP) is 4.22. The molecule has 0 saturated carbocycles. The third-order valence-electron chi connectivity index (χ3n) is 7.36. The van der Waals surface area contributed by atoms with E-state index in [1.807, 2.05) is 60.0 Å². The molecule has 10 nitrogen and oxygen atoms in total. The van der Waals surface area contributed by atoms with E-state index in [1.165, 1.54) is 4.57 Å². The number of urea groups is 1. The first kappa shape index (κ1) is 26.6. The highest BCUT2D eigenvalue weighted by molar-refractivity contribution is 6.21. The van der Waals surface area contributed by atoms with E-state index in [4.69, 9.17) is 9.47 Å². The minimum atomic E-state index is -1.47. The molecular formula is C32H26N4O6. The van der Waals surface area contributed by atoms with Crippen LogP contribution in [-0.2, 0) is 9.59 Å². The van der Waals surface area contributed by atoms with Crippen molar-refractivity contribution >= 4 is 28.7 Å². The van der Waals surface area contributed by atoms with Gasteiger partial charge in [-0.15, -0.1) is 0 Å². The Morgan fingerprint density at radius 3 is 1.74 bits per heavy atom. The average molecular weight is 563 g/mol. The number of hydrogen-bond acceptors (Lipinski definition) is 6. The van der Waals surface area contributed by atoms with Gasteiger partial charge in [-0.25, -0.2) is 4.79 Å². The molecule has 2 N–H and O–H groups in total. The number of carbonyl (C=O) groups is 3. The Bertz CT molecular complexity index is 1900. The summed E-state index contributed by atoms with van der Waals surface area (Å²) < 4.78 is 14.0. The third kappa shape index (κ3) is 4.29. The summed E-state index contributed by atoms with van der Waals surface area (Å²) in [6.07, 6.45) is 0. The summed E-state index contributed by atoms with van der Waals surface area (Å²) in [6, 6.07) is 24.4. The molecule has 4 amide bonds. The van der Waals surface area contributed by atoms with Crippen molar-refractivity contribution < 1.29 is 23.9 Å². The molecule has 210 valence electrons. The van der Waals surface area contributed by atoms with Gasteiger partial charge in [0, 0.05) is 22.6 Å². The number of rotatable bonds is 6. The van der Waals surface area contributed by atoms with Crippen LogP contribution in [-0.4, -0.2) is 41.2 Å². The van der Waals surface area contributed by atoms with E-state index in [0.29, 0.717) is 45.3 Å². The summed E-state index contributed by atoms with van der Waals surface area (Å²) in [7, 11) is 3.13. The van der Waals surface area contributed by atoms with Crippen molar-refractivity contribution in [1.82, 2.24) is 19.8 Å². The minimum Gasteiger partial charge on any atom is -0.497 e. The van der Waals surface area contributed by atoms with Crippen LogP contribution in [0.3, 0.4) is 0 Å². The first-order valence-electron chi connectivity index (χ1n) is 13.1. The van der Waals surface area contributed by atoms with Gasteiger partial charge in [0.2, 0.25) is 11.8 Å². The monoisotopic (exact) mass is 562 g/mol. The van der Waals surface area contributed by atoms with Crippen molar-refractivity contribution in [2.45, 2.75) is 12.8 Å². The Kier molecular flexibility index (Phi) is 6.58. The van der Waals surface area contributed by atoms with Gasteiger partial charge in [0.1, 0.15) is 17.4 Å². The average Bonchev–Trinajstić information content (AvgIpc) is 3.32. The van der Waals surface area contributed by atoms with Crippen LogP contribution < -0.4 is 25.7 Å². The Labute approximate surface area is 240 Å². The van der Waals surface area contributed by atoms with E-state index < -0.39 is 29.3 Å². The number of hydrogen-bond donors (Lipinski definition) is 2. The maximum Gasteiger partial charge on any atom is 0.328 e. The molecule has 0 atom stereocenters. The molecule has 0 aliphatic carbocycles. The number of barbiturate groups is 1. The second-order valence-electron chi connectivity index (χ2n) is 9.79. The highest BCUT2D eigenvalue weighted by Gasteiger charge is 2.41. The van der Waals surface area contributed by atoms with Crippen molar-refractivity contribution in [3.8, 4) is 34.1 Å². The molecule has 3 aromatic carbocycles. The number of fused-ring (bicyclic) bond motifs is 1. The number of nitrogens with one attached hydrogen (secondary N) is 2. The Balaban J connectivity index is 1.78. The molecule has 10 heteroatoms. The number of pyridine rings is 1. The van der Waals surface area contributed by atoms with Crippen LogP contribution in [0.1, 0.15) is 17.2 Å². The van der Waals surface area contributed by atoms with Crippen molar-refractivity contribution in [2.24, 2.45) is 0 Å². The highest BCUT2D eigenvalue weighted by atomic mass is 16.5. The zero-order chi connectivity index (χ0) is 29.5. The van der Waals surface area contributed by atoms with Gasteiger partial charge in [0.25, 0.3) is 5.56 Å². The maximum atomic E-state index is 14.5. The Morgan fingerprint density at radius 1 is 0.690 bits per heavy atom.